The second-order valence-electron chi connectivity index (χ2n) is 7.28. The van der Waals surface area contributed by atoms with Crippen molar-refractivity contribution >= 4 is 11.7 Å². The number of nitrogens with one attached hydrogen (secondary N) is 1. The van der Waals surface area contributed by atoms with Gasteiger partial charge in [0.15, 0.2) is 0 Å². The molecule has 1 aromatic heterocycles. The highest BCUT2D eigenvalue weighted by Crippen LogP contribution is 2.29. The van der Waals surface area contributed by atoms with Crippen molar-refractivity contribution in [2.45, 2.75) is 45.3 Å². The second-order valence-corrected chi connectivity index (χ2v) is 7.28. The number of hydrazine groups is 1. The maximum atomic E-state index is 12.5. The van der Waals surface area contributed by atoms with E-state index in [0.29, 0.717) is 0 Å². The fourth-order valence-electron chi connectivity index (χ4n) is 3.02. The molecule has 0 aliphatic carbocycles. The zero-order valence-corrected chi connectivity index (χ0v) is 15.0. The topological polar surface area (TPSA) is 54.5 Å². The molecule has 5 nitrogen and oxygen atoms in total. The zero-order valence-electron chi connectivity index (χ0n) is 15.0. The smallest absolute Gasteiger partial charge is 0.325 e. The lowest BCUT2D eigenvalue weighted by Gasteiger charge is -2.29. The summed E-state index contributed by atoms with van der Waals surface area (Å²) in [5.74, 6) is -0.170. The highest BCUT2D eigenvalue weighted by atomic mass is 16.6. The van der Waals surface area contributed by atoms with Gasteiger partial charge in [0.05, 0.1) is 5.69 Å². The van der Waals surface area contributed by atoms with Gasteiger partial charge in [-0.2, -0.15) is 0 Å². The molecule has 1 unspecified atom stereocenters. The Morgan fingerprint density at radius 2 is 2.04 bits per heavy atom. The summed E-state index contributed by atoms with van der Waals surface area (Å²) in [4.78, 5) is 16.7. The van der Waals surface area contributed by atoms with Gasteiger partial charge < -0.3 is 10.2 Å². The number of pyridine rings is 1. The third kappa shape index (κ3) is 4.37. The van der Waals surface area contributed by atoms with E-state index in [9.17, 15) is 4.79 Å². The van der Waals surface area contributed by atoms with E-state index in [1.165, 1.54) is 0 Å². The van der Waals surface area contributed by atoms with E-state index in [4.69, 9.17) is 4.74 Å². The minimum Gasteiger partial charge on any atom is -0.459 e. The third-order valence-electron chi connectivity index (χ3n) is 4.10. The van der Waals surface area contributed by atoms with E-state index in [1.807, 2.05) is 62.3 Å². The summed E-state index contributed by atoms with van der Waals surface area (Å²) in [6.45, 7) is 6.51. The summed E-state index contributed by atoms with van der Waals surface area (Å²) in [6.07, 6.45) is 5.37. The fourth-order valence-corrected chi connectivity index (χ4v) is 3.02. The molecule has 0 bridgehead atoms. The molecule has 2 heterocycles. The lowest BCUT2D eigenvalue weighted by Crippen LogP contribution is -2.43. The molecule has 0 amide bonds. The largest absolute Gasteiger partial charge is 0.459 e. The van der Waals surface area contributed by atoms with Gasteiger partial charge in [-0.05, 0) is 45.7 Å². The molecule has 0 spiro atoms. The van der Waals surface area contributed by atoms with Crippen molar-refractivity contribution in [3.8, 4) is 11.1 Å². The monoisotopic (exact) mass is 339 g/mol. The van der Waals surface area contributed by atoms with Gasteiger partial charge in [0, 0.05) is 30.1 Å². The Morgan fingerprint density at radius 3 is 2.76 bits per heavy atom. The number of esters is 1. The number of aromatic nitrogens is 1. The molecule has 2 aromatic rings. The van der Waals surface area contributed by atoms with Crippen molar-refractivity contribution < 1.29 is 9.53 Å². The molecule has 1 N–H and O–H groups in total. The Balaban J connectivity index is 1.79. The standard InChI is InChI=1S/C20H25N3O2/c1-20(2,3)25-19(24)18-11-7-13-23(18)22-17-10-5-4-9-16(17)15-8-6-12-21-14-15/h4-6,8-10,12,14,18,22H,7,11,13H2,1-3H3. The second kappa shape index (κ2) is 7.23. The molecular formula is C20H25N3O2. The molecule has 1 aromatic carbocycles. The zero-order chi connectivity index (χ0) is 17.9. The van der Waals surface area contributed by atoms with E-state index in [-0.39, 0.29) is 12.0 Å². The van der Waals surface area contributed by atoms with Crippen LogP contribution >= 0.6 is 0 Å². The summed E-state index contributed by atoms with van der Waals surface area (Å²) in [6, 6.07) is 11.8. The number of nitrogens with zero attached hydrogens (tertiary/aromatic N) is 2. The van der Waals surface area contributed by atoms with Crippen molar-refractivity contribution in [2.75, 3.05) is 12.0 Å². The number of para-hydroxylation sites is 1. The Labute approximate surface area is 149 Å². The first kappa shape index (κ1) is 17.4. The fraction of sp³-hybridized carbons (Fsp3) is 0.400. The summed E-state index contributed by atoms with van der Waals surface area (Å²) in [7, 11) is 0. The van der Waals surface area contributed by atoms with E-state index in [1.54, 1.807) is 6.20 Å². The molecule has 1 fully saturated rings. The number of hydrogen-bond acceptors (Lipinski definition) is 5. The van der Waals surface area contributed by atoms with Gasteiger partial charge in [-0.1, -0.05) is 24.3 Å². The van der Waals surface area contributed by atoms with E-state index in [0.717, 1.165) is 36.2 Å². The Hall–Kier alpha value is -2.40. The first-order chi connectivity index (χ1) is 11.9. The van der Waals surface area contributed by atoms with E-state index in [2.05, 4.69) is 16.5 Å². The van der Waals surface area contributed by atoms with Crippen LogP contribution in [0.5, 0.6) is 0 Å². The van der Waals surface area contributed by atoms with Crippen molar-refractivity contribution in [3.63, 3.8) is 0 Å². The molecule has 132 valence electrons. The molecule has 1 aliphatic heterocycles. The van der Waals surface area contributed by atoms with Crippen molar-refractivity contribution in [3.05, 3.63) is 48.8 Å². The number of hydrogen-bond donors (Lipinski definition) is 1. The number of anilines is 1. The molecule has 0 saturated carbocycles. The first-order valence-electron chi connectivity index (χ1n) is 8.70. The molecule has 1 atom stereocenters. The van der Waals surface area contributed by atoms with Gasteiger partial charge in [0.2, 0.25) is 0 Å². The maximum absolute atomic E-state index is 12.5. The van der Waals surface area contributed by atoms with Crippen LogP contribution in [0.1, 0.15) is 33.6 Å². The van der Waals surface area contributed by atoms with Crippen LogP contribution in [0.2, 0.25) is 0 Å². The van der Waals surface area contributed by atoms with Crippen molar-refractivity contribution in [1.29, 1.82) is 0 Å². The van der Waals surface area contributed by atoms with Crippen LogP contribution in [0.15, 0.2) is 48.8 Å². The summed E-state index contributed by atoms with van der Waals surface area (Å²) in [5, 5.41) is 1.99. The number of rotatable bonds is 4. The van der Waals surface area contributed by atoms with Gasteiger partial charge >= 0.3 is 5.97 Å². The molecule has 25 heavy (non-hydrogen) atoms. The molecule has 3 rings (SSSR count). The van der Waals surface area contributed by atoms with Crippen molar-refractivity contribution in [1.82, 2.24) is 9.99 Å². The quantitative estimate of drug-likeness (QED) is 0.857. The van der Waals surface area contributed by atoms with Crippen LogP contribution in [0.25, 0.3) is 11.1 Å². The number of benzene rings is 1. The van der Waals surface area contributed by atoms with Gasteiger partial charge in [-0.3, -0.25) is 9.78 Å². The van der Waals surface area contributed by atoms with Gasteiger partial charge in [0.25, 0.3) is 0 Å². The summed E-state index contributed by atoms with van der Waals surface area (Å²) >= 11 is 0. The van der Waals surface area contributed by atoms with Crippen LogP contribution in [-0.2, 0) is 9.53 Å². The molecular weight excluding hydrogens is 314 g/mol. The molecule has 5 heteroatoms. The van der Waals surface area contributed by atoms with Gasteiger partial charge in [0.1, 0.15) is 11.6 Å². The van der Waals surface area contributed by atoms with Crippen molar-refractivity contribution in [2.24, 2.45) is 0 Å². The van der Waals surface area contributed by atoms with E-state index >= 15 is 0 Å². The lowest BCUT2D eigenvalue weighted by atomic mass is 10.1. The van der Waals surface area contributed by atoms with Gasteiger partial charge in [-0.25, -0.2) is 5.01 Å². The average molecular weight is 339 g/mol. The van der Waals surface area contributed by atoms with Gasteiger partial charge in [-0.15, -0.1) is 0 Å². The Bertz CT molecular complexity index is 725. The van der Waals surface area contributed by atoms with Crippen LogP contribution in [0.4, 0.5) is 5.69 Å². The lowest BCUT2D eigenvalue weighted by molar-refractivity contribution is -0.159. The number of ether oxygens (including phenoxy) is 1. The third-order valence-corrected chi connectivity index (χ3v) is 4.10. The predicted molar refractivity (Wildman–Crippen MR) is 98.9 cm³/mol. The molecule has 0 radical (unpaired) electrons. The number of carbonyl (C=O) groups is 1. The summed E-state index contributed by atoms with van der Waals surface area (Å²) in [5.41, 5.74) is 6.02. The minimum absolute atomic E-state index is 0.170. The average Bonchev–Trinajstić information content (AvgIpc) is 3.03. The highest BCUT2D eigenvalue weighted by molar-refractivity contribution is 5.79. The number of carbonyl (C=O) groups excluding carboxylic acids is 1. The predicted octanol–water partition coefficient (Wildman–Crippen LogP) is 3.88. The van der Waals surface area contributed by atoms with E-state index < -0.39 is 5.60 Å². The first-order valence-corrected chi connectivity index (χ1v) is 8.70. The highest BCUT2D eigenvalue weighted by Gasteiger charge is 2.34. The van der Waals surface area contributed by atoms with Crippen LogP contribution in [0.3, 0.4) is 0 Å². The van der Waals surface area contributed by atoms with Crippen LogP contribution in [0, 0.1) is 0 Å². The normalized spacial score (nSPS) is 18.1. The Morgan fingerprint density at radius 1 is 1.24 bits per heavy atom. The molecule has 1 saturated heterocycles. The molecule has 1 aliphatic rings. The summed E-state index contributed by atoms with van der Waals surface area (Å²) < 4.78 is 5.57. The van der Waals surface area contributed by atoms with Crippen LogP contribution < -0.4 is 5.43 Å². The minimum atomic E-state index is -0.473. The SMILES string of the molecule is CC(C)(C)OC(=O)C1CCCN1Nc1ccccc1-c1cccnc1. The Kier molecular flexibility index (Phi) is 5.04. The van der Waals surface area contributed by atoms with Crippen LogP contribution in [-0.4, -0.2) is 34.1 Å². The maximum Gasteiger partial charge on any atom is 0.325 e.